The number of nitrogens with two attached hydrogens (primary N) is 1. The Bertz CT molecular complexity index is 395. The maximum Gasteiger partial charge on any atom is 0.248 e. The largest absolute Gasteiger partial charge is 0.740 e. The third-order valence-electron chi connectivity index (χ3n) is 1.37. The van der Waals surface area contributed by atoms with Crippen LogP contribution in [0, 0.1) is 0 Å². The minimum atomic E-state index is -2.69. The number of hydrogen-bond acceptors (Lipinski definition) is 4. The summed E-state index contributed by atoms with van der Waals surface area (Å²) in [5, 5.41) is 0.00509. The first kappa shape index (κ1) is 11.0. The summed E-state index contributed by atoms with van der Waals surface area (Å²) >= 11 is 2.92. The number of amides is 1. The van der Waals surface area contributed by atoms with E-state index in [1.165, 1.54) is 18.2 Å². The minimum absolute atomic E-state index is 0.00509. The highest BCUT2D eigenvalue weighted by atomic mass is 35.5. The van der Waals surface area contributed by atoms with E-state index in [2.05, 4.69) is 4.18 Å². The van der Waals surface area contributed by atoms with Gasteiger partial charge in [-0.2, -0.15) is 0 Å². The lowest BCUT2D eigenvalue weighted by Crippen LogP contribution is -2.10. The third kappa shape index (κ3) is 2.69. The van der Waals surface area contributed by atoms with Crippen molar-refractivity contribution in [2.24, 2.45) is 5.73 Å². The number of hydrogen-bond donors (Lipinski definition) is 1. The van der Waals surface area contributed by atoms with Crippen LogP contribution in [0.5, 0.6) is 5.75 Å². The van der Waals surface area contributed by atoms with Crippen LogP contribution < -0.4 is 9.92 Å². The Morgan fingerprint density at radius 3 is 2.64 bits per heavy atom. The monoisotopic (exact) mass is 234 g/mol. The summed E-state index contributed by atoms with van der Waals surface area (Å²) in [7, 11) is 0. The fourth-order valence-corrected chi connectivity index (χ4v) is 1.35. The van der Waals surface area contributed by atoms with Gasteiger partial charge in [0, 0.05) is 5.56 Å². The van der Waals surface area contributed by atoms with Gasteiger partial charge in [0.25, 0.3) is 0 Å². The van der Waals surface area contributed by atoms with Crippen LogP contribution in [0.1, 0.15) is 10.4 Å². The number of carbonyl (C=O) groups is 1. The Kier molecular flexibility index (Phi) is 3.45. The number of carbonyl (C=O) groups excluding carboxylic acids is 1. The van der Waals surface area contributed by atoms with Crippen molar-refractivity contribution in [3.8, 4) is 5.75 Å². The molecule has 0 heterocycles. The van der Waals surface area contributed by atoms with Crippen LogP contribution in [-0.4, -0.2) is 14.7 Å². The molecule has 1 unspecified atom stereocenters. The predicted octanol–water partition coefficient (Wildman–Crippen LogP) is 0.612. The summed E-state index contributed by atoms with van der Waals surface area (Å²) < 4.78 is 24.6. The molecular weight excluding hydrogens is 230 g/mol. The molecule has 1 aromatic rings. The van der Waals surface area contributed by atoms with Gasteiger partial charge in [0.05, 0.1) is 5.02 Å². The van der Waals surface area contributed by atoms with E-state index in [1.807, 2.05) is 0 Å². The van der Waals surface area contributed by atoms with Crippen molar-refractivity contribution in [1.82, 2.24) is 0 Å². The van der Waals surface area contributed by atoms with Crippen molar-refractivity contribution in [2.45, 2.75) is 0 Å². The molecule has 0 saturated heterocycles. The van der Waals surface area contributed by atoms with Gasteiger partial charge < -0.3 is 14.5 Å². The van der Waals surface area contributed by atoms with Gasteiger partial charge in [-0.1, -0.05) is 11.6 Å². The van der Waals surface area contributed by atoms with Crippen LogP contribution in [0.3, 0.4) is 0 Å². The van der Waals surface area contributed by atoms with Crippen molar-refractivity contribution in [2.75, 3.05) is 0 Å². The van der Waals surface area contributed by atoms with Gasteiger partial charge in [-0.25, -0.2) is 4.21 Å². The lowest BCUT2D eigenvalue weighted by Gasteiger charge is -2.08. The van der Waals surface area contributed by atoms with Crippen LogP contribution in [0.25, 0.3) is 0 Å². The van der Waals surface area contributed by atoms with Gasteiger partial charge in [0.2, 0.25) is 5.91 Å². The molecule has 1 atom stereocenters. The first-order chi connectivity index (χ1) is 6.50. The molecule has 0 bridgehead atoms. The molecule has 0 aliphatic carbocycles. The zero-order valence-corrected chi connectivity index (χ0v) is 8.30. The van der Waals surface area contributed by atoms with E-state index in [-0.39, 0.29) is 16.3 Å². The standard InChI is InChI=1S/C7H6ClNO4S/c8-5-3-4(7(9)10)1-2-6(5)13-14(11)12/h1-3H,(H2,9,10)(H,11,12)/p-1. The highest BCUT2D eigenvalue weighted by Crippen LogP contribution is 2.25. The zero-order chi connectivity index (χ0) is 10.7. The third-order valence-corrected chi connectivity index (χ3v) is 1.99. The molecule has 0 radical (unpaired) electrons. The number of halogens is 1. The van der Waals surface area contributed by atoms with Crippen LogP contribution in [-0.2, 0) is 11.4 Å². The van der Waals surface area contributed by atoms with Crippen molar-refractivity contribution in [3.63, 3.8) is 0 Å². The molecule has 7 heteroatoms. The predicted molar refractivity (Wildman–Crippen MR) is 49.5 cm³/mol. The zero-order valence-electron chi connectivity index (χ0n) is 6.73. The Balaban J connectivity index is 3.01. The highest BCUT2D eigenvalue weighted by Gasteiger charge is 2.06. The Hall–Kier alpha value is -1.11. The van der Waals surface area contributed by atoms with Crippen molar-refractivity contribution in [1.29, 1.82) is 0 Å². The van der Waals surface area contributed by atoms with E-state index < -0.39 is 17.3 Å². The Labute approximate surface area is 87.3 Å². The van der Waals surface area contributed by atoms with Crippen LogP contribution >= 0.6 is 11.6 Å². The second-order valence-electron chi connectivity index (χ2n) is 2.30. The SMILES string of the molecule is NC(=O)c1ccc(OS(=O)[O-])c(Cl)c1. The molecule has 2 N–H and O–H groups in total. The first-order valence-electron chi connectivity index (χ1n) is 3.37. The van der Waals surface area contributed by atoms with E-state index in [4.69, 9.17) is 17.3 Å². The smallest absolute Gasteiger partial charge is 0.248 e. The van der Waals surface area contributed by atoms with Gasteiger partial charge in [-0.3, -0.25) is 4.79 Å². The van der Waals surface area contributed by atoms with E-state index in [0.29, 0.717) is 0 Å². The Morgan fingerprint density at radius 2 is 2.21 bits per heavy atom. The number of rotatable bonds is 3. The fourth-order valence-electron chi connectivity index (χ4n) is 0.795. The van der Waals surface area contributed by atoms with Gasteiger partial charge in [-0.15, -0.1) is 0 Å². The average Bonchev–Trinajstić information content (AvgIpc) is 2.07. The quantitative estimate of drug-likeness (QED) is 0.776. The lowest BCUT2D eigenvalue weighted by atomic mass is 10.2. The van der Waals surface area contributed by atoms with Crippen molar-refractivity contribution in [3.05, 3.63) is 28.8 Å². The summed E-state index contributed by atoms with van der Waals surface area (Å²) in [5.41, 5.74) is 5.15. The average molecular weight is 235 g/mol. The van der Waals surface area contributed by atoms with Gasteiger partial charge in [0.1, 0.15) is 11.4 Å². The van der Waals surface area contributed by atoms with E-state index in [1.54, 1.807) is 0 Å². The summed E-state index contributed by atoms with van der Waals surface area (Å²) in [6.45, 7) is 0. The molecule has 0 aromatic heterocycles. The van der Waals surface area contributed by atoms with E-state index >= 15 is 0 Å². The summed E-state index contributed by atoms with van der Waals surface area (Å²) in [5.74, 6) is -0.702. The van der Waals surface area contributed by atoms with Gasteiger partial charge in [-0.05, 0) is 18.2 Å². The molecule has 0 aliphatic heterocycles. The van der Waals surface area contributed by atoms with Crippen molar-refractivity contribution >= 4 is 28.9 Å². The van der Waals surface area contributed by atoms with Crippen molar-refractivity contribution < 1.29 is 17.7 Å². The molecule has 1 rings (SSSR count). The Morgan fingerprint density at radius 1 is 1.57 bits per heavy atom. The fraction of sp³-hybridized carbons (Fsp3) is 0. The maximum atomic E-state index is 10.7. The lowest BCUT2D eigenvalue weighted by molar-refractivity contribution is 0.100. The second-order valence-corrected chi connectivity index (χ2v) is 3.28. The molecule has 0 saturated carbocycles. The van der Waals surface area contributed by atoms with Gasteiger partial charge >= 0.3 is 0 Å². The molecule has 0 spiro atoms. The maximum absolute atomic E-state index is 10.7. The molecular formula is C7H5ClNO4S-. The van der Waals surface area contributed by atoms with E-state index in [9.17, 15) is 13.6 Å². The van der Waals surface area contributed by atoms with Gasteiger partial charge in [0.15, 0.2) is 5.75 Å². The summed E-state index contributed by atoms with van der Waals surface area (Å²) in [4.78, 5) is 10.7. The molecule has 1 aromatic carbocycles. The molecule has 1 amide bonds. The normalized spacial score (nSPS) is 12.1. The highest BCUT2D eigenvalue weighted by molar-refractivity contribution is 7.74. The minimum Gasteiger partial charge on any atom is -0.740 e. The first-order valence-corrected chi connectivity index (χ1v) is 4.75. The number of benzene rings is 1. The number of primary amides is 1. The molecule has 0 aliphatic rings. The summed E-state index contributed by atoms with van der Waals surface area (Å²) in [6.07, 6.45) is 0. The molecule has 5 nitrogen and oxygen atoms in total. The van der Waals surface area contributed by atoms with Crippen LogP contribution in [0.2, 0.25) is 5.02 Å². The van der Waals surface area contributed by atoms with Crippen LogP contribution in [0.15, 0.2) is 18.2 Å². The molecule has 76 valence electrons. The van der Waals surface area contributed by atoms with Crippen LogP contribution in [0.4, 0.5) is 0 Å². The summed E-state index contributed by atoms with van der Waals surface area (Å²) in [6, 6.07) is 3.79. The second kappa shape index (κ2) is 4.41. The van der Waals surface area contributed by atoms with E-state index in [0.717, 1.165) is 0 Å². The molecule has 0 fully saturated rings. The molecule has 14 heavy (non-hydrogen) atoms. The topological polar surface area (TPSA) is 92.5 Å².